The van der Waals surface area contributed by atoms with Crippen LogP contribution in [0.1, 0.15) is 17.2 Å². The molecule has 20 heavy (non-hydrogen) atoms. The van der Waals surface area contributed by atoms with Gasteiger partial charge in [-0.2, -0.15) is 0 Å². The first-order valence-corrected chi connectivity index (χ1v) is 6.66. The number of hydrogen-bond donors (Lipinski definition) is 2. The molecule has 0 radical (unpaired) electrons. The maximum atomic E-state index is 14.0. The van der Waals surface area contributed by atoms with Gasteiger partial charge in [0.15, 0.2) is 11.6 Å². The molecular weight excluding hydrogens is 333 g/mol. The van der Waals surface area contributed by atoms with E-state index >= 15 is 0 Å². The van der Waals surface area contributed by atoms with Gasteiger partial charge in [-0.05, 0) is 40.0 Å². The summed E-state index contributed by atoms with van der Waals surface area (Å²) in [6.45, 7) is 0. The van der Waals surface area contributed by atoms with E-state index < -0.39 is 23.5 Å². The van der Waals surface area contributed by atoms with Crippen molar-refractivity contribution >= 4 is 15.9 Å². The molecule has 1 atom stereocenters. The minimum atomic E-state index is -0.942. The van der Waals surface area contributed by atoms with Crippen LogP contribution in [0.4, 0.5) is 13.2 Å². The summed E-state index contributed by atoms with van der Waals surface area (Å²) < 4.78 is 41.1. The first-order chi connectivity index (χ1) is 9.54. The van der Waals surface area contributed by atoms with Crippen LogP contribution in [0.2, 0.25) is 0 Å². The van der Waals surface area contributed by atoms with Crippen molar-refractivity contribution in [3.05, 3.63) is 69.4 Å². The number of benzene rings is 2. The van der Waals surface area contributed by atoms with Crippen LogP contribution in [-0.4, -0.2) is 0 Å². The molecule has 0 aromatic heterocycles. The second kappa shape index (κ2) is 6.39. The van der Waals surface area contributed by atoms with Crippen LogP contribution in [0.25, 0.3) is 0 Å². The van der Waals surface area contributed by atoms with Crippen LogP contribution in [-0.2, 0) is 6.42 Å². The SMILES string of the molecule is NNC(Cc1cccc(F)c1F)c1cccc(Br)c1F. The number of halogens is 4. The third kappa shape index (κ3) is 3.03. The molecule has 0 heterocycles. The number of nitrogens with one attached hydrogen (secondary N) is 1. The highest BCUT2D eigenvalue weighted by atomic mass is 79.9. The lowest BCUT2D eigenvalue weighted by Crippen LogP contribution is -2.30. The van der Waals surface area contributed by atoms with Gasteiger partial charge in [-0.15, -0.1) is 0 Å². The van der Waals surface area contributed by atoms with Crippen molar-refractivity contribution in [3.8, 4) is 0 Å². The van der Waals surface area contributed by atoms with Crippen LogP contribution in [0.15, 0.2) is 40.9 Å². The molecule has 2 aromatic carbocycles. The summed E-state index contributed by atoms with van der Waals surface area (Å²) in [7, 11) is 0. The highest BCUT2D eigenvalue weighted by Gasteiger charge is 2.19. The summed E-state index contributed by atoms with van der Waals surface area (Å²) in [5, 5.41) is 0. The van der Waals surface area contributed by atoms with Crippen molar-refractivity contribution in [2.75, 3.05) is 0 Å². The van der Waals surface area contributed by atoms with E-state index in [1.165, 1.54) is 12.1 Å². The first-order valence-electron chi connectivity index (χ1n) is 5.87. The lowest BCUT2D eigenvalue weighted by atomic mass is 9.98. The largest absolute Gasteiger partial charge is 0.271 e. The van der Waals surface area contributed by atoms with Crippen molar-refractivity contribution in [3.63, 3.8) is 0 Å². The van der Waals surface area contributed by atoms with Gasteiger partial charge in [0.1, 0.15) is 5.82 Å². The van der Waals surface area contributed by atoms with E-state index in [0.29, 0.717) is 0 Å². The van der Waals surface area contributed by atoms with E-state index in [0.717, 1.165) is 6.07 Å². The molecule has 0 bridgehead atoms. The number of nitrogens with two attached hydrogens (primary N) is 1. The maximum Gasteiger partial charge on any atom is 0.162 e. The van der Waals surface area contributed by atoms with Crippen molar-refractivity contribution in [1.29, 1.82) is 0 Å². The monoisotopic (exact) mass is 344 g/mol. The van der Waals surface area contributed by atoms with Crippen molar-refractivity contribution in [1.82, 2.24) is 5.43 Å². The molecular formula is C14H12BrF3N2. The van der Waals surface area contributed by atoms with Gasteiger partial charge in [0.05, 0.1) is 10.5 Å². The highest BCUT2D eigenvalue weighted by molar-refractivity contribution is 9.10. The second-order valence-corrected chi connectivity index (χ2v) is 5.13. The Morgan fingerprint density at radius 3 is 2.45 bits per heavy atom. The first kappa shape index (κ1) is 15.0. The summed E-state index contributed by atoms with van der Waals surface area (Å²) in [5.74, 6) is 3.05. The minimum absolute atomic E-state index is 0.0352. The van der Waals surface area contributed by atoms with E-state index in [4.69, 9.17) is 5.84 Å². The highest BCUT2D eigenvalue weighted by Crippen LogP contribution is 2.26. The van der Waals surface area contributed by atoms with Crippen LogP contribution in [0, 0.1) is 17.5 Å². The summed E-state index contributed by atoms with van der Waals surface area (Å²) in [4.78, 5) is 0. The number of rotatable bonds is 4. The Morgan fingerprint density at radius 2 is 1.75 bits per heavy atom. The van der Waals surface area contributed by atoms with Gasteiger partial charge in [-0.25, -0.2) is 13.2 Å². The van der Waals surface area contributed by atoms with Gasteiger partial charge in [-0.1, -0.05) is 24.3 Å². The second-order valence-electron chi connectivity index (χ2n) is 4.28. The molecule has 0 amide bonds. The zero-order valence-corrected chi connectivity index (χ0v) is 11.9. The van der Waals surface area contributed by atoms with Crippen molar-refractivity contribution < 1.29 is 13.2 Å². The zero-order valence-electron chi connectivity index (χ0n) is 10.3. The molecule has 0 aliphatic heterocycles. The Kier molecular flexibility index (Phi) is 4.80. The Morgan fingerprint density at radius 1 is 1.05 bits per heavy atom. The van der Waals surface area contributed by atoms with Gasteiger partial charge >= 0.3 is 0 Å². The van der Waals surface area contributed by atoms with E-state index in [-0.39, 0.29) is 22.0 Å². The van der Waals surface area contributed by atoms with E-state index in [1.807, 2.05) is 0 Å². The molecule has 2 rings (SSSR count). The number of hydrogen-bond acceptors (Lipinski definition) is 2. The summed E-state index contributed by atoms with van der Waals surface area (Å²) in [6, 6.07) is 7.95. The summed E-state index contributed by atoms with van der Waals surface area (Å²) in [5.41, 5.74) is 2.85. The molecule has 2 aromatic rings. The maximum absolute atomic E-state index is 14.0. The smallest absolute Gasteiger partial charge is 0.162 e. The summed E-state index contributed by atoms with van der Waals surface area (Å²) in [6.07, 6.45) is 0.0352. The predicted octanol–water partition coefficient (Wildman–Crippen LogP) is 3.61. The quantitative estimate of drug-likeness (QED) is 0.656. The fourth-order valence-electron chi connectivity index (χ4n) is 1.97. The topological polar surface area (TPSA) is 38.0 Å². The van der Waals surface area contributed by atoms with Gasteiger partial charge in [0, 0.05) is 5.56 Å². The fraction of sp³-hybridized carbons (Fsp3) is 0.143. The molecule has 0 fully saturated rings. The lowest BCUT2D eigenvalue weighted by molar-refractivity contribution is 0.471. The minimum Gasteiger partial charge on any atom is -0.271 e. The zero-order chi connectivity index (χ0) is 14.7. The van der Waals surface area contributed by atoms with Crippen LogP contribution in [0.3, 0.4) is 0 Å². The van der Waals surface area contributed by atoms with E-state index in [2.05, 4.69) is 21.4 Å². The predicted molar refractivity (Wildman–Crippen MR) is 74.2 cm³/mol. The molecule has 0 saturated carbocycles. The molecule has 6 heteroatoms. The van der Waals surface area contributed by atoms with Crippen LogP contribution >= 0.6 is 15.9 Å². The van der Waals surface area contributed by atoms with Gasteiger partial charge in [0.2, 0.25) is 0 Å². The molecule has 0 saturated heterocycles. The molecule has 1 unspecified atom stereocenters. The normalized spacial score (nSPS) is 12.4. The molecule has 3 N–H and O–H groups in total. The van der Waals surface area contributed by atoms with Gasteiger partial charge < -0.3 is 0 Å². The average molecular weight is 345 g/mol. The standard InChI is InChI=1S/C14H12BrF3N2/c15-10-5-2-4-9(14(10)18)12(20-19)7-8-3-1-6-11(16)13(8)17/h1-6,12,20H,7,19H2. The molecule has 0 aliphatic rings. The molecule has 0 spiro atoms. The Labute approximate surface area is 122 Å². The Balaban J connectivity index is 2.34. The Bertz CT molecular complexity index is 619. The lowest BCUT2D eigenvalue weighted by Gasteiger charge is -2.18. The summed E-state index contributed by atoms with van der Waals surface area (Å²) >= 11 is 3.08. The number of hydrazine groups is 1. The van der Waals surface area contributed by atoms with E-state index in [9.17, 15) is 13.2 Å². The molecule has 106 valence electrons. The fourth-order valence-corrected chi connectivity index (χ4v) is 2.36. The van der Waals surface area contributed by atoms with E-state index in [1.54, 1.807) is 18.2 Å². The third-order valence-corrected chi connectivity index (χ3v) is 3.63. The molecule has 0 aliphatic carbocycles. The van der Waals surface area contributed by atoms with Gasteiger partial charge in [0.25, 0.3) is 0 Å². The molecule has 2 nitrogen and oxygen atoms in total. The van der Waals surface area contributed by atoms with Crippen molar-refractivity contribution in [2.45, 2.75) is 12.5 Å². The van der Waals surface area contributed by atoms with Crippen molar-refractivity contribution in [2.24, 2.45) is 5.84 Å². The average Bonchev–Trinajstić information content (AvgIpc) is 2.44. The van der Waals surface area contributed by atoms with Gasteiger partial charge in [-0.3, -0.25) is 11.3 Å². The third-order valence-electron chi connectivity index (χ3n) is 3.01. The van der Waals surface area contributed by atoms with Crippen LogP contribution < -0.4 is 11.3 Å². The van der Waals surface area contributed by atoms with Crippen LogP contribution in [0.5, 0.6) is 0 Å². The Hall–Kier alpha value is -1.37.